The van der Waals surface area contributed by atoms with Crippen LogP contribution in [0.25, 0.3) is 4.96 Å². The van der Waals surface area contributed by atoms with Crippen LogP contribution >= 0.6 is 23.1 Å². The first-order chi connectivity index (χ1) is 10.3. The topological polar surface area (TPSA) is 81.4 Å². The number of nitrogens with zero attached hydrogens (tertiary/aromatic N) is 4. The van der Waals surface area contributed by atoms with E-state index < -0.39 is 0 Å². The van der Waals surface area contributed by atoms with Gasteiger partial charge in [-0.3, -0.25) is 4.79 Å². The lowest BCUT2D eigenvalue weighted by atomic mass is 10.3. The lowest BCUT2D eigenvalue weighted by molar-refractivity contribution is -0.113. The zero-order valence-corrected chi connectivity index (χ0v) is 12.6. The van der Waals surface area contributed by atoms with Crippen LogP contribution in [0.15, 0.2) is 34.9 Å². The van der Waals surface area contributed by atoms with E-state index in [2.05, 4.69) is 20.6 Å². The molecule has 2 heterocycles. The highest BCUT2D eigenvalue weighted by atomic mass is 32.2. The number of hydrogen-bond acceptors (Lipinski definition) is 7. The first-order valence-electron chi connectivity index (χ1n) is 5.99. The molecule has 0 saturated carbocycles. The molecule has 1 aromatic carbocycles. The summed E-state index contributed by atoms with van der Waals surface area (Å²) in [6, 6.07) is 7.28. The Kier molecular flexibility index (Phi) is 4.02. The molecular weight excluding hydrogens is 310 g/mol. The molecule has 3 aromatic rings. The molecular formula is C12H11N5O2S2. The van der Waals surface area contributed by atoms with Gasteiger partial charge in [0.15, 0.2) is 4.34 Å². The first kappa shape index (κ1) is 13.8. The van der Waals surface area contributed by atoms with Crippen molar-refractivity contribution in [3.8, 4) is 5.75 Å². The summed E-state index contributed by atoms with van der Waals surface area (Å²) in [6.07, 6.45) is 1.53. The Morgan fingerprint density at radius 3 is 3.14 bits per heavy atom. The fourth-order valence-corrected chi connectivity index (χ4v) is 3.32. The molecule has 3 rings (SSSR count). The predicted octanol–water partition coefficient (Wildman–Crippen LogP) is 1.93. The molecule has 1 N–H and O–H groups in total. The number of rotatable bonds is 5. The fourth-order valence-electron chi connectivity index (χ4n) is 1.66. The van der Waals surface area contributed by atoms with E-state index in [1.807, 2.05) is 12.1 Å². The highest BCUT2D eigenvalue weighted by molar-refractivity contribution is 8.01. The molecule has 0 aliphatic rings. The van der Waals surface area contributed by atoms with E-state index in [1.165, 1.54) is 29.4 Å². The number of para-hydroxylation sites is 2. The number of carbonyl (C=O) groups excluding carboxylic acids is 1. The Balaban J connectivity index is 1.60. The second-order valence-corrected chi connectivity index (χ2v) is 6.14. The Morgan fingerprint density at radius 1 is 1.48 bits per heavy atom. The number of carbonyl (C=O) groups is 1. The molecule has 9 heteroatoms. The van der Waals surface area contributed by atoms with Crippen LogP contribution in [0.5, 0.6) is 5.75 Å². The first-order valence-corrected chi connectivity index (χ1v) is 7.79. The normalized spacial score (nSPS) is 10.7. The molecule has 2 aromatic heterocycles. The maximum atomic E-state index is 12.0. The standard InChI is InChI=1S/C12H11N5O2S2/c1-19-9-5-3-2-4-8(9)14-10(18)6-20-12-16-17-7-13-15-11(17)21-12/h2-5,7H,6H2,1H3,(H,14,18). The van der Waals surface area contributed by atoms with Crippen molar-refractivity contribution in [2.45, 2.75) is 4.34 Å². The minimum absolute atomic E-state index is 0.115. The van der Waals surface area contributed by atoms with Crippen molar-refractivity contribution in [1.82, 2.24) is 19.8 Å². The van der Waals surface area contributed by atoms with Gasteiger partial charge in [0.25, 0.3) is 0 Å². The summed E-state index contributed by atoms with van der Waals surface area (Å²) < 4.78 is 7.55. The van der Waals surface area contributed by atoms with E-state index >= 15 is 0 Å². The van der Waals surface area contributed by atoms with Crippen molar-refractivity contribution < 1.29 is 9.53 Å². The van der Waals surface area contributed by atoms with E-state index in [0.29, 0.717) is 16.4 Å². The van der Waals surface area contributed by atoms with E-state index in [4.69, 9.17) is 4.74 Å². The van der Waals surface area contributed by atoms with E-state index in [9.17, 15) is 4.79 Å². The number of amides is 1. The van der Waals surface area contributed by atoms with Gasteiger partial charge in [-0.1, -0.05) is 35.2 Å². The van der Waals surface area contributed by atoms with Gasteiger partial charge in [-0.2, -0.15) is 4.52 Å². The van der Waals surface area contributed by atoms with Gasteiger partial charge >= 0.3 is 0 Å². The van der Waals surface area contributed by atoms with Crippen LogP contribution in [0.3, 0.4) is 0 Å². The van der Waals surface area contributed by atoms with Crippen LogP contribution in [-0.2, 0) is 4.79 Å². The summed E-state index contributed by atoms with van der Waals surface area (Å²) in [5.74, 6) is 0.785. The fraction of sp³-hybridized carbons (Fsp3) is 0.167. The quantitative estimate of drug-likeness (QED) is 0.723. The Hall–Kier alpha value is -2.13. The summed E-state index contributed by atoms with van der Waals surface area (Å²) in [4.78, 5) is 12.7. The predicted molar refractivity (Wildman–Crippen MR) is 81.0 cm³/mol. The third-order valence-electron chi connectivity index (χ3n) is 2.58. The third-order valence-corrected chi connectivity index (χ3v) is 4.62. The Labute approximate surface area is 128 Å². The highest BCUT2D eigenvalue weighted by Crippen LogP contribution is 2.25. The van der Waals surface area contributed by atoms with Gasteiger partial charge < -0.3 is 10.1 Å². The molecule has 1 amide bonds. The highest BCUT2D eigenvalue weighted by Gasteiger charge is 2.10. The number of nitrogens with one attached hydrogen (secondary N) is 1. The van der Waals surface area contributed by atoms with Gasteiger partial charge in [-0.15, -0.1) is 15.3 Å². The van der Waals surface area contributed by atoms with Crippen molar-refractivity contribution in [2.24, 2.45) is 0 Å². The van der Waals surface area contributed by atoms with Gasteiger partial charge in [0.2, 0.25) is 10.9 Å². The van der Waals surface area contributed by atoms with E-state index in [1.54, 1.807) is 23.8 Å². The second-order valence-electron chi connectivity index (χ2n) is 3.96. The van der Waals surface area contributed by atoms with Crippen LogP contribution in [0.4, 0.5) is 5.69 Å². The molecule has 0 atom stereocenters. The van der Waals surface area contributed by atoms with Crippen LogP contribution in [0.1, 0.15) is 0 Å². The summed E-state index contributed by atoms with van der Waals surface area (Å²) in [5.41, 5.74) is 0.656. The van der Waals surface area contributed by atoms with Crippen molar-refractivity contribution in [2.75, 3.05) is 18.2 Å². The second kappa shape index (κ2) is 6.10. The van der Waals surface area contributed by atoms with Crippen molar-refractivity contribution in [3.05, 3.63) is 30.6 Å². The molecule has 108 valence electrons. The minimum Gasteiger partial charge on any atom is -0.495 e. The monoisotopic (exact) mass is 321 g/mol. The van der Waals surface area contributed by atoms with Crippen LogP contribution in [0, 0.1) is 0 Å². The average Bonchev–Trinajstić information content (AvgIpc) is 3.07. The number of thioether (sulfide) groups is 1. The van der Waals surface area contributed by atoms with Crippen LogP contribution < -0.4 is 10.1 Å². The molecule has 21 heavy (non-hydrogen) atoms. The summed E-state index contributed by atoms with van der Waals surface area (Å²) in [7, 11) is 1.57. The van der Waals surface area contributed by atoms with Gasteiger partial charge in [0.1, 0.15) is 12.1 Å². The van der Waals surface area contributed by atoms with Crippen molar-refractivity contribution in [3.63, 3.8) is 0 Å². The molecule has 0 saturated heterocycles. The lowest BCUT2D eigenvalue weighted by Gasteiger charge is -2.08. The summed E-state index contributed by atoms with van der Waals surface area (Å²) in [6.45, 7) is 0. The zero-order valence-electron chi connectivity index (χ0n) is 11.0. The molecule has 0 spiro atoms. The number of aromatic nitrogens is 4. The van der Waals surface area contributed by atoms with E-state index in [-0.39, 0.29) is 11.7 Å². The maximum Gasteiger partial charge on any atom is 0.235 e. The van der Waals surface area contributed by atoms with Gasteiger partial charge in [0, 0.05) is 0 Å². The van der Waals surface area contributed by atoms with Crippen molar-refractivity contribution in [1.29, 1.82) is 0 Å². The molecule has 0 fully saturated rings. The minimum atomic E-state index is -0.115. The molecule has 0 unspecified atom stereocenters. The number of hydrogen-bond donors (Lipinski definition) is 1. The van der Waals surface area contributed by atoms with Gasteiger partial charge in [0.05, 0.1) is 18.6 Å². The number of methoxy groups -OCH3 is 1. The molecule has 0 bridgehead atoms. The average molecular weight is 321 g/mol. The van der Waals surface area contributed by atoms with Crippen molar-refractivity contribution >= 4 is 39.7 Å². The summed E-state index contributed by atoms with van der Waals surface area (Å²) in [5, 5.41) is 14.7. The molecule has 0 aliphatic carbocycles. The smallest absolute Gasteiger partial charge is 0.235 e. The number of fused-ring (bicyclic) bond motifs is 1. The SMILES string of the molecule is COc1ccccc1NC(=O)CSc1nn2cnnc2s1. The lowest BCUT2D eigenvalue weighted by Crippen LogP contribution is -2.14. The number of benzene rings is 1. The Bertz CT molecular complexity index is 741. The third kappa shape index (κ3) is 3.14. The van der Waals surface area contributed by atoms with Crippen LogP contribution in [0.2, 0.25) is 0 Å². The van der Waals surface area contributed by atoms with Gasteiger partial charge in [-0.25, -0.2) is 0 Å². The Morgan fingerprint density at radius 2 is 2.33 bits per heavy atom. The molecule has 0 radical (unpaired) electrons. The van der Waals surface area contributed by atoms with E-state index in [0.717, 1.165) is 4.34 Å². The van der Waals surface area contributed by atoms with Gasteiger partial charge in [-0.05, 0) is 12.1 Å². The zero-order chi connectivity index (χ0) is 14.7. The number of ether oxygens (including phenoxy) is 1. The summed E-state index contributed by atoms with van der Waals surface area (Å²) >= 11 is 2.75. The maximum absolute atomic E-state index is 12.0. The van der Waals surface area contributed by atoms with Crippen LogP contribution in [-0.4, -0.2) is 38.6 Å². The largest absolute Gasteiger partial charge is 0.495 e. The number of anilines is 1. The molecule has 7 nitrogen and oxygen atoms in total. The molecule has 0 aliphatic heterocycles.